The van der Waals surface area contributed by atoms with Crippen LogP contribution in [0.1, 0.15) is 17.5 Å². The maximum Gasteiger partial charge on any atom is 0.416 e. The third-order valence-corrected chi connectivity index (χ3v) is 2.94. The summed E-state index contributed by atoms with van der Waals surface area (Å²) in [5.41, 5.74) is 5.50. The van der Waals surface area contributed by atoms with Crippen LogP contribution in [0.3, 0.4) is 0 Å². The molecular formula is C12H14F3NO. The van der Waals surface area contributed by atoms with Crippen molar-refractivity contribution in [3.8, 4) is 0 Å². The highest BCUT2D eigenvalue weighted by atomic mass is 19.4. The zero-order valence-electron chi connectivity index (χ0n) is 9.26. The van der Waals surface area contributed by atoms with Crippen molar-refractivity contribution in [2.24, 2.45) is 5.73 Å². The molecule has 1 saturated heterocycles. The normalized spacial score (nSPS) is 25.2. The maximum absolute atomic E-state index is 12.5. The van der Waals surface area contributed by atoms with E-state index >= 15 is 0 Å². The second-order valence-electron chi connectivity index (χ2n) is 4.54. The second-order valence-corrected chi connectivity index (χ2v) is 4.54. The summed E-state index contributed by atoms with van der Waals surface area (Å²) in [5, 5.41) is 0. The lowest BCUT2D eigenvalue weighted by molar-refractivity contribution is -0.137. The van der Waals surface area contributed by atoms with Crippen molar-refractivity contribution in [2.45, 2.75) is 24.6 Å². The molecule has 1 aliphatic heterocycles. The van der Waals surface area contributed by atoms with Crippen LogP contribution < -0.4 is 5.73 Å². The highest BCUT2D eigenvalue weighted by Gasteiger charge is 2.33. The molecule has 94 valence electrons. The van der Waals surface area contributed by atoms with Gasteiger partial charge in [0.25, 0.3) is 0 Å². The first-order valence-corrected chi connectivity index (χ1v) is 5.42. The fourth-order valence-corrected chi connectivity index (χ4v) is 2.03. The summed E-state index contributed by atoms with van der Waals surface area (Å²) in [5.74, 6) is 0. The first-order valence-electron chi connectivity index (χ1n) is 5.42. The summed E-state index contributed by atoms with van der Waals surface area (Å²) in [6.45, 7) is 0.985. The van der Waals surface area contributed by atoms with Crippen LogP contribution in [0.2, 0.25) is 0 Å². The molecule has 0 radical (unpaired) electrons. The van der Waals surface area contributed by atoms with Crippen LogP contribution in [-0.2, 0) is 17.3 Å². The number of hydrogen-bond acceptors (Lipinski definition) is 2. The van der Waals surface area contributed by atoms with Gasteiger partial charge in [-0.25, -0.2) is 0 Å². The Bertz CT molecular complexity index is 397. The Morgan fingerprint density at radius 2 is 2.12 bits per heavy atom. The number of halogens is 3. The highest BCUT2D eigenvalue weighted by molar-refractivity contribution is 5.27. The van der Waals surface area contributed by atoms with Crippen molar-refractivity contribution in [3.05, 3.63) is 35.4 Å². The lowest BCUT2D eigenvalue weighted by atomic mass is 9.90. The molecule has 1 heterocycles. The Balaban J connectivity index is 2.17. The minimum Gasteiger partial charge on any atom is -0.379 e. The molecule has 0 aromatic heterocycles. The van der Waals surface area contributed by atoms with Crippen molar-refractivity contribution >= 4 is 0 Å². The van der Waals surface area contributed by atoms with E-state index in [1.807, 2.05) is 0 Å². The lowest BCUT2D eigenvalue weighted by Crippen LogP contribution is -2.42. The molecule has 1 aromatic carbocycles. The molecule has 2 rings (SSSR count). The van der Waals surface area contributed by atoms with E-state index in [9.17, 15) is 13.2 Å². The van der Waals surface area contributed by atoms with Crippen LogP contribution in [0.25, 0.3) is 0 Å². The first-order chi connectivity index (χ1) is 7.89. The molecule has 0 bridgehead atoms. The van der Waals surface area contributed by atoms with Crippen LogP contribution in [0.15, 0.2) is 24.3 Å². The van der Waals surface area contributed by atoms with Gasteiger partial charge in [0.2, 0.25) is 0 Å². The second kappa shape index (κ2) is 4.31. The van der Waals surface area contributed by atoms with Gasteiger partial charge in [0.15, 0.2) is 0 Å². The minimum atomic E-state index is -4.30. The molecule has 0 aliphatic carbocycles. The lowest BCUT2D eigenvalue weighted by Gasteiger charge is -2.22. The SMILES string of the molecule is NC1(Cc2cccc(C(F)(F)F)c2)CCOC1. The van der Waals surface area contributed by atoms with Gasteiger partial charge in [-0.05, 0) is 24.5 Å². The molecule has 1 atom stereocenters. The molecule has 1 aromatic rings. The van der Waals surface area contributed by atoms with Crippen LogP contribution in [0.5, 0.6) is 0 Å². The van der Waals surface area contributed by atoms with E-state index in [0.29, 0.717) is 31.6 Å². The van der Waals surface area contributed by atoms with E-state index in [4.69, 9.17) is 10.5 Å². The van der Waals surface area contributed by atoms with Gasteiger partial charge in [-0.15, -0.1) is 0 Å². The van der Waals surface area contributed by atoms with Gasteiger partial charge in [-0.2, -0.15) is 13.2 Å². The predicted molar refractivity (Wildman–Crippen MR) is 57.5 cm³/mol. The fraction of sp³-hybridized carbons (Fsp3) is 0.500. The highest BCUT2D eigenvalue weighted by Crippen LogP contribution is 2.30. The molecule has 0 saturated carbocycles. The van der Waals surface area contributed by atoms with Gasteiger partial charge in [-0.3, -0.25) is 0 Å². The van der Waals surface area contributed by atoms with E-state index in [1.54, 1.807) is 6.07 Å². The monoisotopic (exact) mass is 245 g/mol. The van der Waals surface area contributed by atoms with Crippen molar-refractivity contribution in [1.82, 2.24) is 0 Å². The molecule has 1 aliphatic rings. The van der Waals surface area contributed by atoms with Crippen LogP contribution in [0.4, 0.5) is 13.2 Å². The maximum atomic E-state index is 12.5. The Hall–Kier alpha value is -1.07. The average molecular weight is 245 g/mol. The van der Waals surface area contributed by atoms with Crippen LogP contribution >= 0.6 is 0 Å². The molecule has 0 spiro atoms. The fourth-order valence-electron chi connectivity index (χ4n) is 2.03. The smallest absolute Gasteiger partial charge is 0.379 e. The minimum absolute atomic E-state index is 0.406. The summed E-state index contributed by atoms with van der Waals surface area (Å²) in [6, 6.07) is 5.31. The zero-order valence-corrected chi connectivity index (χ0v) is 9.26. The van der Waals surface area contributed by atoms with E-state index in [0.717, 1.165) is 12.1 Å². The van der Waals surface area contributed by atoms with Crippen LogP contribution in [-0.4, -0.2) is 18.8 Å². The zero-order chi connectivity index (χ0) is 12.5. The van der Waals surface area contributed by atoms with Gasteiger partial charge in [0.1, 0.15) is 0 Å². The summed E-state index contributed by atoms with van der Waals surface area (Å²) in [7, 11) is 0. The number of benzene rings is 1. The van der Waals surface area contributed by atoms with Crippen molar-refractivity contribution < 1.29 is 17.9 Å². The summed E-state index contributed by atoms with van der Waals surface area (Å²) >= 11 is 0. The van der Waals surface area contributed by atoms with E-state index in [1.165, 1.54) is 6.07 Å². The summed E-state index contributed by atoms with van der Waals surface area (Å²) in [6.07, 6.45) is -3.20. The molecule has 2 N–H and O–H groups in total. The van der Waals surface area contributed by atoms with Crippen molar-refractivity contribution in [1.29, 1.82) is 0 Å². The number of hydrogen-bond donors (Lipinski definition) is 1. The molecular weight excluding hydrogens is 231 g/mol. The topological polar surface area (TPSA) is 35.2 Å². The first kappa shape index (κ1) is 12.4. The number of alkyl halides is 3. The molecule has 1 unspecified atom stereocenters. The third kappa shape index (κ3) is 2.98. The Kier molecular flexibility index (Phi) is 3.14. The van der Waals surface area contributed by atoms with Gasteiger partial charge >= 0.3 is 6.18 Å². The third-order valence-electron chi connectivity index (χ3n) is 2.94. The molecule has 0 amide bonds. The van der Waals surface area contributed by atoms with Crippen molar-refractivity contribution in [2.75, 3.05) is 13.2 Å². The Morgan fingerprint density at radius 3 is 2.71 bits per heavy atom. The number of ether oxygens (including phenoxy) is 1. The summed E-state index contributed by atoms with van der Waals surface area (Å²) in [4.78, 5) is 0. The molecule has 5 heteroatoms. The Labute approximate surface area is 97.6 Å². The largest absolute Gasteiger partial charge is 0.416 e. The standard InChI is InChI=1S/C12H14F3NO/c13-12(14,15)10-3-1-2-9(6-10)7-11(16)4-5-17-8-11/h1-3,6H,4-5,7-8,16H2. The number of nitrogens with two attached hydrogens (primary N) is 1. The van der Waals surface area contributed by atoms with Gasteiger partial charge in [0.05, 0.1) is 12.2 Å². The van der Waals surface area contributed by atoms with Crippen LogP contribution in [0, 0.1) is 0 Å². The van der Waals surface area contributed by atoms with Gasteiger partial charge in [-0.1, -0.05) is 18.2 Å². The Morgan fingerprint density at radius 1 is 1.35 bits per heavy atom. The summed E-state index contributed by atoms with van der Waals surface area (Å²) < 4.78 is 42.7. The van der Waals surface area contributed by atoms with E-state index in [2.05, 4.69) is 0 Å². The van der Waals surface area contributed by atoms with Gasteiger partial charge in [0, 0.05) is 12.1 Å². The molecule has 1 fully saturated rings. The predicted octanol–water partition coefficient (Wildman–Crippen LogP) is 2.37. The molecule has 2 nitrogen and oxygen atoms in total. The quantitative estimate of drug-likeness (QED) is 0.868. The van der Waals surface area contributed by atoms with Gasteiger partial charge < -0.3 is 10.5 Å². The van der Waals surface area contributed by atoms with E-state index < -0.39 is 17.3 Å². The molecule has 17 heavy (non-hydrogen) atoms. The van der Waals surface area contributed by atoms with E-state index in [-0.39, 0.29) is 0 Å². The average Bonchev–Trinajstić information content (AvgIpc) is 2.64. The number of rotatable bonds is 2. The van der Waals surface area contributed by atoms with Crippen molar-refractivity contribution in [3.63, 3.8) is 0 Å².